The van der Waals surface area contributed by atoms with E-state index in [-0.39, 0.29) is 0 Å². The van der Waals surface area contributed by atoms with Gasteiger partial charge in [-0.15, -0.1) is 0 Å². The molecule has 26 heavy (non-hydrogen) atoms. The molecule has 0 aromatic heterocycles. The zero-order chi connectivity index (χ0) is 19.4. The van der Waals surface area contributed by atoms with E-state index < -0.39 is 0 Å². The molecule has 4 atom stereocenters. The van der Waals surface area contributed by atoms with Crippen molar-refractivity contribution >= 4 is 26.3 Å². The second-order valence-electron chi connectivity index (χ2n) is 12.8. The SMILES string of the molecule is C[C@@H]1C2C(C)(C)C(C[C@@H]1[Se][Se][C@H]1CC3C(C)(C)C([C@H]1C)C3(C)C)C2(C)C. The monoisotopic (exact) mass is 490 g/mol. The van der Waals surface area contributed by atoms with Crippen molar-refractivity contribution in [3.05, 3.63) is 0 Å². The minimum atomic E-state index is 0.607. The fourth-order valence-electron chi connectivity index (χ4n) is 10.2. The van der Waals surface area contributed by atoms with Crippen LogP contribution in [0.5, 0.6) is 0 Å². The first-order chi connectivity index (χ1) is 11.7. The van der Waals surface area contributed by atoms with E-state index in [0.717, 1.165) is 71.4 Å². The van der Waals surface area contributed by atoms with Crippen molar-refractivity contribution < 1.29 is 0 Å². The summed E-state index contributed by atoms with van der Waals surface area (Å²) in [6.45, 7) is 25.8. The molecule has 0 aromatic rings. The van der Waals surface area contributed by atoms with Crippen LogP contribution in [0, 0.1) is 57.2 Å². The zero-order valence-electron chi connectivity index (χ0n) is 18.8. The maximum absolute atomic E-state index is 2.63. The second-order valence-corrected chi connectivity index (χ2v) is 20.3. The predicted molar refractivity (Wildman–Crippen MR) is 116 cm³/mol. The van der Waals surface area contributed by atoms with Gasteiger partial charge in [0.1, 0.15) is 0 Å². The van der Waals surface area contributed by atoms with Gasteiger partial charge in [-0.2, -0.15) is 0 Å². The Morgan fingerprint density at radius 3 is 1.04 bits per heavy atom. The molecule has 0 N–H and O–H groups in total. The van der Waals surface area contributed by atoms with Crippen LogP contribution in [-0.2, 0) is 0 Å². The Morgan fingerprint density at radius 1 is 0.538 bits per heavy atom. The Hall–Kier alpha value is 1.04. The molecule has 0 saturated heterocycles. The fraction of sp³-hybridized carbons (Fsp3) is 1.00. The number of fused-ring (bicyclic) bond motifs is 4. The molecule has 0 aromatic carbocycles. The summed E-state index contributed by atoms with van der Waals surface area (Å²) in [6.07, 6.45) is 3.09. The third kappa shape index (κ3) is 2.38. The summed E-state index contributed by atoms with van der Waals surface area (Å²) in [6, 6.07) is 0. The van der Waals surface area contributed by atoms with Crippen LogP contribution in [0.25, 0.3) is 0 Å². The van der Waals surface area contributed by atoms with Crippen LogP contribution in [0.4, 0.5) is 0 Å². The van der Waals surface area contributed by atoms with Gasteiger partial charge in [-0.05, 0) is 0 Å². The van der Waals surface area contributed by atoms with E-state index in [1.807, 2.05) is 0 Å². The first-order valence-corrected chi connectivity index (χ1v) is 17.4. The Labute approximate surface area is 174 Å². The molecule has 0 spiro atoms. The van der Waals surface area contributed by atoms with Gasteiger partial charge in [-0.25, -0.2) is 0 Å². The van der Waals surface area contributed by atoms with Crippen LogP contribution in [0.1, 0.15) is 82.1 Å². The summed E-state index contributed by atoms with van der Waals surface area (Å²) in [4.78, 5) is 2.18. The van der Waals surface area contributed by atoms with E-state index in [1.54, 1.807) is 12.8 Å². The Bertz CT molecular complexity index is 503. The van der Waals surface area contributed by atoms with Crippen molar-refractivity contribution in [3.63, 3.8) is 0 Å². The first kappa shape index (κ1) is 20.3. The molecule has 0 unspecified atom stereocenters. The van der Waals surface area contributed by atoms with Gasteiger partial charge in [0.05, 0.1) is 0 Å². The predicted octanol–water partition coefficient (Wildman–Crippen LogP) is 6.56. The molecule has 6 rings (SSSR count). The molecule has 6 fully saturated rings. The quantitative estimate of drug-likeness (QED) is 0.395. The fourth-order valence-corrected chi connectivity index (χ4v) is 21.9. The molecule has 0 radical (unpaired) electrons. The van der Waals surface area contributed by atoms with E-state index in [9.17, 15) is 0 Å². The molecule has 0 nitrogen and oxygen atoms in total. The average molecular weight is 489 g/mol. The van der Waals surface area contributed by atoms with E-state index in [4.69, 9.17) is 0 Å². The van der Waals surface area contributed by atoms with Crippen molar-refractivity contribution in [1.29, 1.82) is 0 Å². The normalized spacial score (nSPS) is 51.9. The van der Waals surface area contributed by atoms with Crippen molar-refractivity contribution in [2.75, 3.05) is 0 Å². The van der Waals surface area contributed by atoms with Gasteiger partial charge in [-0.3, -0.25) is 0 Å². The summed E-state index contributed by atoms with van der Waals surface area (Å²) >= 11 is 1.85. The number of hydrogen-bond acceptors (Lipinski definition) is 0. The van der Waals surface area contributed by atoms with Gasteiger partial charge in [0.25, 0.3) is 0 Å². The van der Waals surface area contributed by atoms with Gasteiger partial charge in [0.15, 0.2) is 0 Å². The van der Waals surface area contributed by atoms with Crippen molar-refractivity contribution in [1.82, 2.24) is 0 Å². The molecule has 0 amide bonds. The van der Waals surface area contributed by atoms with Gasteiger partial charge in [0.2, 0.25) is 0 Å². The molecule has 0 aliphatic heterocycles. The van der Waals surface area contributed by atoms with Crippen molar-refractivity contribution in [3.8, 4) is 0 Å². The molecule has 6 saturated carbocycles. The molecule has 2 heteroatoms. The summed E-state index contributed by atoms with van der Waals surface area (Å²) in [5, 5.41) is 0. The van der Waals surface area contributed by atoms with Crippen LogP contribution in [0.3, 0.4) is 0 Å². The summed E-state index contributed by atoms with van der Waals surface area (Å²) in [7, 11) is 0. The molecular weight excluding hydrogens is 446 g/mol. The molecule has 6 aliphatic carbocycles. The molecule has 0 heterocycles. The average Bonchev–Trinajstić information content (AvgIpc) is 2.45. The van der Waals surface area contributed by atoms with Crippen LogP contribution < -0.4 is 0 Å². The van der Waals surface area contributed by atoms with E-state index >= 15 is 0 Å². The molecule has 6 aliphatic rings. The van der Waals surface area contributed by atoms with E-state index in [1.165, 1.54) is 0 Å². The Morgan fingerprint density at radius 2 is 0.808 bits per heavy atom. The maximum atomic E-state index is 2.63. The van der Waals surface area contributed by atoms with Crippen molar-refractivity contribution in [2.45, 2.75) is 91.7 Å². The minimum absolute atomic E-state index is 0.607. The topological polar surface area (TPSA) is 0 Å². The number of rotatable bonds is 3. The first-order valence-electron chi connectivity index (χ1n) is 11.1. The van der Waals surface area contributed by atoms with Gasteiger partial charge in [-0.1, -0.05) is 0 Å². The Kier molecular flexibility index (Phi) is 4.53. The summed E-state index contributed by atoms with van der Waals surface area (Å²) < 4.78 is 0. The van der Waals surface area contributed by atoms with Crippen molar-refractivity contribution in [2.24, 2.45) is 57.2 Å². The zero-order valence-corrected chi connectivity index (χ0v) is 22.3. The summed E-state index contributed by atoms with van der Waals surface area (Å²) in [5.74, 6) is 5.82. The molecule has 4 bridgehead atoms. The van der Waals surface area contributed by atoms with E-state index in [0.29, 0.717) is 21.7 Å². The van der Waals surface area contributed by atoms with Gasteiger partial charge >= 0.3 is 175 Å². The summed E-state index contributed by atoms with van der Waals surface area (Å²) in [5.41, 5.74) is 2.43. The second kappa shape index (κ2) is 5.80. The molecular formula is C24H42Se2. The van der Waals surface area contributed by atoms with Crippen LogP contribution in [-0.4, -0.2) is 26.3 Å². The standard InChI is InChI=1S/C24H42Se2/c1-13-15(11-17-21(3,4)19(13)22(17,5)6)25-26-16-12-18-23(7,8)20(14(16)2)24(18,9)10/h13-20H,11-12H2,1-10H3/t13-,14-,15-,16-,17?,18?,19?,20?/m0/s1. The molecule has 150 valence electrons. The van der Waals surface area contributed by atoms with Gasteiger partial charge < -0.3 is 0 Å². The third-order valence-electron chi connectivity index (χ3n) is 10.3. The van der Waals surface area contributed by atoms with E-state index in [2.05, 4.69) is 69.2 Å². The third-order valence-corrected chi connectivity index (χ3v) is 20.7. The Balaban J connectivity index is 1.40. The van der Waals surface area contributed by atoms with Gasteiger partial charge in [0, 0.05) is 0 Å². The van der Waals surface area contributed by atoms with Crippen LogP contribution in [0.2, 0.25) is 9.63 Å². The number of hydrogen-bond donors (Lipinski definition) is 0. The van der Waals surface area contributed by atoms with Crippen LogP contribution in [0.15, 0.2) is 0 Å². The van der Waals surface area contributed by atoms with Crippen LogP contribution >= 0.6 is 0 Å².